The van der Waals surface area contributed by atoms with Crippen molar-refractivity contribution in [2.75, 3.05) is 6.61 Å². The summed E-state index contributed by atoms with van der Waals surface area (Å²) in [6.45, 7) is 7.79. The molecular formula is C20H25ClFNO2. The summed E-state index contributed by atoms with van der Waals surface area (Å²) in [5.74, 6) is -0.777. The zero-order valence-electron chi connectivity index (χ0n) is 15.1. The highest BCUT2D eigenvalue weighted by Crippen LogP contribution is 2.32. The van der Waals surface area contributed by atoms with E-state index in [0.29, 0.717) is 11.1 Å². The first-order valence-electron chi connectivity index (χ1n) is 8.13. The van der Waals surface area contributed by atoms with E-state index >= 15 is 0 Å². The molecule has 2 aromatic rings. The molecule has 136 valence electrons. The first-order chi connectivity index (χ1) is 11.3. The largest absolute Gasteiger partial charge is 0.466 e. The van der Waals surface area contributed by atoms with Gasteiger partial charge in [-0.25, -0.2) is 4.39 Å². The van der Waals surface area contributed by atoms with Crippen LogP contribution in [0.15, 0.2) is 30.3 Å². The van der Waals surface area contributed by atoms with E-state index in [4.69, 9.17) is 10.5 Å². The maximum atomic E-state index is 14.6. The van der Waals surface area contributed by atoms with Gasteiger partial charge in [0.2, 0.25) is 0 Å². The molecule has 0 radical (unpaired) electrons. The van der Waals surface area contributed by atoms with Crippen LogP contribution in [-0.4, -0.2) is 12.6 Å². The molecular weight excluding hydrogens is 341 g/mol. The summed E-state index contributed by atoms with van der Waals surface area (Å²) in [5.41, 5.74) is 11.2. The van der Waals surface area contributed by atoms with E-state index in [1.807, 2.05) is 38.1 Å². The first-order valence-corrected chi connectivity index (χ1v) is 8.13. The molecule has 2 aromatic carbocycles. The second-order valence-electron chi connectivity index (χ2n) is 6.08. The maximum Gasteiger partial charge on any atom is 0.307 e. The fraction of sp³-hybridized carbons (Fsp3) is 0.350. The molecule has 0 saturated heterocycles. The molecule has 0 saturated carbocycles. The minimum Gasteiger partial charge on any atom is -0.466 e. The molecule has 0 heterocycles. The van der Waals surface area contributed by atoms with Crippen LogP contribution in [0.4, 0.5) is 4.39 Å². The van der Waals surface area contributed by atoms with Crippen LogP contribution >= 0.6 is 12.4 Å². The second kappa shape index (κ2) is 8.97. The standard InChI is InChI=1S/C20H24FNO2.ClH/c1-5-24-18(23)11-17(22)16-10-15(9-14(4)20(16)21)19-12(2)7-6-8-13(19)3;/h6-10,17H,5,11,22H2,1-4H3;1H. The van der Waals surface area contributed by atoms with Crippen molar-refractivity contribution in [3.05, 3.63) is 58.4 Å². The second-order valence-corrected chi connectivity index (χ2v) is 6.08. The molecule has 1 atom stereocenters. The van der Waals surface area contributed by atoms with Crippen LogP contribution in [0, 0.1) is 26.6 Å². The van der Waals surface area contributed by atoms with Crippen molar-refractivity contribution in [1.29, 1.82) is 0 Å². The van der Waals surface area contributed by atoms with Gasteiger partial charge in [-0.1, -0.05) is 18.2 Å². The van der Waals surface area contributed by atoms with Crippen LogP contribution in [0.3, 0.4) is 0 Å². The Morgan fingerprint density at radius 1 is 1.16 bits per heavy atom. The van der Waals surface area contributed by atoms with Crippen molar-refractivity contribution in [3.8, 4) is 11.1 Å². The van der Waals surface area contributed by atoms with Gasteiger partial charge in [-0.3, -0.25) is 4.79 Å². The summed E-state index contributed by atoms with van der Waals surface area (Å²) in [5, 5.41) is 0. The first kappa shape index (κ1) is 21.1. The average molecular weight is 366 g/mol. The highest BCUT2D eigenvalue weighted by atomic mass is 35.5. The molecule has 0 amide bonds. The van der Waals surface area contributed by atoms with Gasteiger partial charge in [0, 0.05) is 11.6 Å². The summed E-state index contributed by atoms with van der Waals surface area (Å²) in [4.78, 5) is 11.7. The lowest BCUT2D eigenvalue weighted by atomic mass is 9.91. The van der Waals surface area contributed by atoms with Crippen LogP contribution in [0.5, 0.6) is 0 Å². The van der Waals surface area contributed by atoms with Gasteiger partial charge >= 0.3 is 5.97 Å². The minimum atomic E-state index is -0.730. The molecule has 0 fully saturated rings. The third-order valence-corrected chi connectivity index (χ3v) is 4.14. The Morgan fingerprint density at radius 3 is 2.32 bits per heavy atom. The van der Waals surface area contributed by atoms with Gasteiger partial charge in [-0.15, -0.1) is 12.4 Å². The zero-order chi connectivity index (χ0) is 17.9. The number of nitrogens with two attached hydrogens (primary N) is 1. The number of hydrogen-bond donors (Lipinski definition) is 1. The average Bonchev–Trinajstić information content (AvgIpc) is 2.50. The summed E-state index contributed by atoms with van der Waals surface area (Å²) in [6, 6.07) is 8.90. The molecule has 0 aliphatic carbocycles. The zero-order valence-corrected chi connectivity index (χ0v) is 15.9. The Balaban J connectivity index is 0.00000312. The number of carbonyl (C=O) groups is 1. The third kappa shape index (κ3) is 4.80. The minimum absolute atomic E-state index is 0. The number of esters is 1. The van der Waals surface area contributed by atoms with Crippen LogP contribution < -0.4 is 5.73 Å². The van der Waals surface area contributed by atoms with Gasteiger partial charge in [0.15, 0.2) is 0 Å². The van der Waals surface area contributed by atoms with Gasteiger partial charge in [0.25, 0.3) is 0 Å². The Labute approximate surface area is 154 Å². The molecule has 5 heteroatoms. The third-order valence-electron chi connectivity index (χ3n) is 4.14. The van der Waals surface area contributed by atoms with Gasteiger partial charge in [-0.05, 0) is 67.6 Å². The van der Waals surface area contributed by atoms with Crippen molar-refractivity contribution >= 4 is 18.4 Å². The van der Waals surface area contributed by atoms with E-state index in [1.165, 1.54) is 0 Å². The van der Waals surface area contributed by atoms with Crippen LogP contribution in [0.25, 0.3) is 11.1 Å². The maximum absolute atomic E-state index is 14.6. The number of carbonyl (C=O) groups excluding carboxylic acids is 1. The number of hydrogen-bond acceptors (Lipinski definition) is 3. The molecule has 0 aromatic heterocycles. The summed E-state index contributed by atoms with van der Waals surface area (Å²) in [6.07, 6.45) is -0.0413. The van der Waals surface area contributed by atoms with E-state index in [9.17, 15) is 9.18 Å². The van der Waals surface area contributed by atoms with Crippen LogP contribution in [0.1, 0.15) is 41.6 Å². The van der Waals surface area contributed by atoms with Gasteiger partial charge in [0.1, 0.15) is 5.82 Å². The fourth-order valence-corrected chi connectivity index (χ4v) is 2.99. The van der Waals surface area contributed by atoms with E-state index in [-0.39, 0.29) is 31.3 Å². The Bertz CT molecular complexity index is 741. The topological polar surface area (TPSA) is 52.3 Å². The number of benzene rings is 2. The molecule has 2 N–H and O–H groups in total. The smallest absolute Gasteiger partial charge is 0.307 e. The lowest BCUT2D eigenvalue weighted by Crippen LogP contribution is -2.19. The van der Waals surface area contributed by atoms with Crippen molar-refractivity contribution < 1.29 is 13.9 Å². The van der Waals surface area contributed by atoms with E-state index < -0.39 is 12.0 Å². The number of aryl methyl sites for hydroxylation is 3. The molecule has 0 bridgehead atoms. The van der Waals surface area contributed by atoms with Crippen molar-refractivity contribution in [2.24, 2.45) is 5.73 Å². The molecule has 0 aliphatic heterocycles. The van der Waals surface area contributed by atoms with E-state index in [0.717, 1.165) is 22.3 Å². The van der Waals surface area contributed by atoms with Gasteiger partial charge < -0.3 is 10.5 Å². The molecule has 3 nitrogen and oxygen atoms in total. The van der Waals surface area contributed by atoms with Gasteiger partial charge in [0.05, 0.1) is 13.0 Å². The number of rotatable bonds is 5. The number of ether oxygens (including phenoxy) is 1. The van der Waals surface area contributed by atoms with E-state index in [2.05, 4.69) is 0 Å². The Morgan fingerprint density at radius 2 is 1.76 bits per heavy atom. The van der Waals surface area contributed by atoms with Crippen molar-refractivity contribution in [3.63, 3.8) is 0 Å². The SMILES string of the molecule is CCOC(=O)CC(N)c1cc(-c2c(C)cccc2C)cc(C)c1F.Cl. The lowest BCUT2D eigenvalue weighted by molar-refractivity contribution is -0.143. The van der Waals surface area contributed by atoms with Crippen LogP contribution in [0.2, 0.25) is 0 Å². The summed E-state index contributed by atoms with van der Waals surface area (Å²) in [7, 11) is 0. The lowest BCUT2D eigenvalue weighted by Gasteiger charge is -2.17. The molecule has 0 spiro atoms. The highest BCUT2D eigenvalue weighted by Gasteiger charge is 2.19. The summed E-state index contributed by atoms with van der Waals surface area (Å²) < 4.78 is 19.5. The predicted octanol–water partition coefficient (Wildman–Crippen LogP) is 4.79. The fourth-order valence-electron chi connectivity index (χ4n) is 2.99. The van der Waals surface area contributed by atoms with E-state index in [1.54, 1.807) is 19.9 Å². The molecule has 0 aliphatic rings. The Hall–Kier alpha value is -1.91. The van der Waals surface area contributed by atoms with Crippen LogP contribution in [-0.2, 0) is 9.53 Å². The van der Waals surface area contributed by atoms with Crippen molar-refractivity contribution in [1.82, 2.24) is 0 Å². The Kier molecular flexibility index (Phi) is 7.59. The monoisotopic (exact) mass is 365 g/mol. The van der Waals surface area contributed by atoms with Gasteiger partial charge in [-0.2, -0.15) is 0 Å². The summed E-state index contributed by atoms with van der Waals surface area (Å²) >= 11 is 0. The molecule has 1 unspecified atom stereocenters. The highest BCUT2D eigenvalue weighted by molar-refractivity contribution is 5.85. The quantitative estimate of drug-likeness (QED) is 0.775. The molecule has 25 heavy (non-hydrogen) atoms. The normalized spacial score (nSPS) is 11.6. The number of halogens is 2. The van der Waals surface area contributed by atoms with Crippen molar-refractivity contribution in [2.45, 2.75) is 40.2 Å². The predicted molar refractivity (Wildman–Crippen MR) is 101 cm³/mol. The molecule has 2 rings (SSSR count).